The molecule has 0 bridgehead atoms. The van der Waals surface area contributed by atoms with Crippen LogP contribution in [0.1, 0.15) is 21.0 Å². The Morgan fingerprint density at radius 1 is 1.18 bits per heavy atom. The van der Waals surface area contributed by atoms with Crippen LogP contribution in [-0.4, -0.2) is 22.0 Å². The molecule has 140 valence electrons. The van der Waals surface area contributed by atoms with Gasteiger partial charge in [-0.15, -0.1) is 11.3 Å². The van der Waals surface area contributed by atoms with Crippen molar-refractivity contribution >= 4 is 55.2 Å². The number of halogens is 2. The molecule has 4 aromatic rings. The molecule has 28 heavy (non-hydrogen) atoms. The van der Waals surface area contributed by atoms with Crippen LogP contribution in [0.4, 0.5) is 9.39 Å². The average molecular weight is 461 g/mol. The van der Waals surface area contributed by atoms with E-state index in [4.69, 9.17) is 4.42 Å². The normalized spacial score (nSPS) is 10.9. The van der Waals surface area contributed by atoms with E-state index in [2.05, 4.69) is 26.2 Å². The number of amides is 1. The summed E-state index contributed by atoms with van der Waals surface area (Å²) in [7, 11) is 0. The lowest BCUT2D eigenvalue weighted by atomic mass is 10.0. The topological polar surface area (TPSA) is 92.4 Å². The Kier molecular flexibility index (Phi) is 4.70. The van der Waals surface area contributed by atoms with Crippen molar-refractivity contribution in [3.05, 3.63) is 69.6 Å². The zero-order valence-corrected chi connectivity index (χ0v) is 16.3. The SMILES string of the molecule is O=C(Nc1scc(-c2ccc(Br)cc2)c1C(=O)O)c1nc2c(F)cccc2o1. The van der Waals surface area contributed by atoms with Gasteiger partial charge in [0.15, 0.2) is 11.4 Å². The summed E-state index contributed by atoms with van der Waals surface area (Å²) in [5, 5.41) is 13.9. The summed E-state index contributed by atoms with van der Waals surface area (Å²) in [6, 6.07) is 11.3. The van der Waals surface area contributed by atoms with E-state index in [1.807, 2.05) is 0 Å². The lowest BCUT2D eigenvalue weighted by Gasteiger charge is -2.04. The van der Waals surface area contributed by atoms with Crippen LogP contribution < -0.4 is 5.32 Å². The number of nitrogens with zero attached hydrogens (tertiary/aromatic N) is 1. The van der Waals surface area contributed by atoms with E-state index in [-0.39, 0.29) is 27.6 Å². The Bertz CT molecular complexity index is 1220. The van der Waals surface area contributed by atoms with E-state index in [0.29, 0.717) is 11.1 Å². The lowest BCUT2D eigenvalue weighted by Crippen LogP contribution is -2.13. The Morgan fingerprint density at radius 2 is 1.93 bits per heavy atom. The van der Waals surface area contributed by atoms with Crippen molar-refractivity contribution in [3.63, 3.8) is 0 Å². The number of carbonyl (C=O) groups excluding carboxylic acids is 1. The van der Waals surface area contributed by atoms with Crippen LogP contribution in [-0.2, 0) is 0 Å². The van der Waals surface area contributed by atoms with E-state index in [1.54, 1.807) is 29.6 Å². The molecule has 9 heteroatoms. The number of nitrogens with one attached hydrogen (secondary N) is 1. The summed E-state index contributed by atoms with van der Waals surface area (Å²) < 4.78 is 19.9. The van der Waals surface area contributed by atoms with Gasteiger partial charge in [-0.25, -0.2) is 14.2 Å². The minimum Gasteiger partial charge on any atom is -0.478 e. The number of carboxylic acid groups (broad SMARTS) is 1. The monoisotopic (exact) mass is 460 g/mol. The van der Waals surface area contributed by atoms with Gasteiger partial charge < -0.3 is 14.8 Å². The number of rotatable bonds is 4. The number of anilines is 1. The third-order valence-electron chi connectivity index (χ3n) is 3.95. The first-order chi connectivity index (χ1) is 13.4. The molecular weight excluding hydrogens is 451 g/mol. The van der Waals surface area contributed by atoms with Gasteiger partial charge in [0.05, 0.1) is 0 Å². The van der Waals surface area contributed by atoms with Crippen LogP contribution >= 0.6 is 27.3 Å². The van der Waals surface area contributed by atoms with E-state index < -0.39 is 17.7 Å². The first-order valence-corrected chi connectivity index (χ1v) is 9.58. The summed E-state index contributed by atoms with van der Waals surface area (Å²) >= 11 is 4.40. The van der Waals surface area contributed by atoms with Gasteiger partial charge in [-0.1, -0.05) is 34.1 Å². The van der Waals surface area contributed by atoms with Crippen LogP contribution in [0.15, 0.2) is 56.7 Å². The molecule has 2 aromatic heterocycles. The number of hydrogen-bond acceptors (Lipinski definition) is 5. The largest absolute Gasteiger partial charge is 0.478 e. The number of carbonyl (C=O) groups is 2. The molecule has 6 nitrogen and oxygen atoms in total. The Hall–Kier alpha value is -3.04. The zero-order chi connectivity index (χ0) is 19.8. The Morgan fingerprint density at radius 3 is 2.61 bits per heavy atom. The quantitative estimate of drug-likeness (QED) is 0.424. The van der Waals surface area contributed by atoms with Crippen molar-refractivity contribution in [2.45, 2.75) is 0 Å². The van der Waals surface area contributed by atoms with Crippen LogP contribution in [0.5, 0.6) is 0 Å². The van der Waals surface area contributed by atoms with Crippen molar-refractivity contribution < 1.29 is 23.5 Å². The number of para-hydroxylation sites is 1. The van der Waals surface area contributed by atoms with Gasteiger partial charge in [0.2, 0.25) is 0 Å². The molecule has 0 unspecified atom stereocenters. The van der Waals surface area contributed by atoms with Gasteiger partial charge in [0.25, 0.3) is 5.89 Å². The number of aromatic carboxylic acids is 1. The second kappa shape index (κ2) is 7.17. The van der Waals surface area contributed by atoms with Crippen molar-refractivity contribution in [1.82, 2.24) is 4.98 Å². The molecule has 0 aliphatic carbocycles. The fraction of sp³-hybridized carbons (Fsp3) is 0. The number of benzene rings is 2. The molecular formula is C19H10BrFN2O4S. The molecule has 2 heterocycles. The van der Waals surface area contributed by atoms with Gasteiger partial charge >= 0.3 is 11.9 Å². The molecule has 0 radical (unpaired) electrons. The predicted octanol–water partition coefficient (Wildman–Crippen LogP) is 5.41. The predicted molar refractivity (Wildman–Crippen MR) is 106 cm³/mol. The summed E-state index contributed by atoms with van der Waals surface area (Å²) in [5.74, 6) is -2.91. The number of carboxylic acids is 1. The van der Waals surface area contributed by atoms with Crippen molar-refractivity contribution in [2.75, 3.05) is 5.32 Å². The van der Waals surface area contributed by atoms with E-state index >= 15 is 0 Å². The Balaban J connectivity index is 1.69. The zero-order valence-electron chi connectivity index (χ0n) is 13.9. The number of fused-ring (bicyclic) bond motifs is 1. The molecule has 0 saturated heterocycles. The van der Waals surface area contributed by atoms with Crippen molar-refractivity contribution in [3.8, 4) is 11.1 Å². The average Bonchev–Trinajstić information content (AvgIpc) is 3.27. The lowest BCUT2D eigenvalue weighted by molar-refractivity contribution is 0.0699. The minimum atomic E-state index is -1.18. The van der Waals surface area contributed by atoms with Gasteiger partial charge in [-0.2, -0.15) is 0 Å². The first kappa shape index (κ1) is 18.3. The van der Waals surface area contributed by atoms with E-state index in [9.17, 15) is 19.1 Å². The third-order valence-corrected chi connectivity index (χ3v) is 5.38. The molecule has 4 rings (SSSR count). The summed E-state index contributed by atoms with van der Waals surface area (Å²) in [6.45, 7) is 0. The summed E-state index contributed by atoms with van der Waals surface area (Å²) in [4.78, 5) is 28.1. The van der Waals surface area contributed by atoms with Crippen LogP contribution in [0, 0.1) is 5.82 Å². The standard InChI is InChI=1S/C19H10BrFN2O4S/c20-10-6-4-9(5-7-10)11-8-28-18(14(11)19(25)26)23-16(24)17-22-15-12(21)2-1-3-13(15)27-17/h1-8H,(H,23,24)(H,25,26). The highest BCUT2D eigenvalue weighted by Gasteiger charge is 2.23. The highest BCUT2D eigenvalue weighted by atomic mass is 79.9. The fourth-order valence-electron chi connectivity index (χ4n) is 2.67. The molecule has 0 saturated carbocycles. The summed E-state index contributed by atoms with van der Waals surface area (Å²) in [5.41, 5.74) is 1.20. The molecule has 0 aliphatic heterocycles. The summed E-state index contributed by atoms with van der Waals surface area (Å²) in [6.07, 6.45) is 0. The minimum absolute atomic E-state index is 0.0389. The van der Waals surface area contributed by atoms with Gasteiger partial charge in [-0.3, -0.25) is 4.79 Å². The number of aromatic nitrogens is 1. The van der Waals surface area contributed by atoms with Crippen LogP contribution in [0.2, 0.25) is 0 Å². The maximum atomic E-state index is 13.7. The number of hydrogen-bond donors (Lipinski definition) is 2. The third kappa shape index (κ3) is 3.30. The molecule has 1 amide bonds. The molecule has 0 aliphatic rings. The molecule has 0 spiro atoms. The number of oxazole rings is 1. The maximum Gasteiger partial charge on any atom is 0.339 e. The van der Waals surface area contributed by atoms with Crippen molar-refractivity contribution in [1.29, 1.82) is 0 Å². The molecule has 0 atom stereocenters. The second-order valence-electron chi connectivity index (χ2n) is 5.73. The highest BCUT2D eigenvalue weighted by Crippen LogP contribution is 2.36. The highest BCUT2D eigenvalue weighted by molar-refractivity contribution is 9.10. The van der Waals surface area contributed by atoms with Gasteiger partial charge in [-0.05, 0) is 29.8 Å². The van der Waals surface area contributed by atoms with Crippen molar-refractivity contribution in [2.24, 2.45) is 0 Å². The van der Waals surface area contributed by atoms with Gasteiger partial charge in [0, 0.05) is 15.4 Å². The van der Waals surface area contributed by atoms with Crippen LogP contribution in [0.3, 0.4) is 0 Å². The van der Waals surface area contributed by atoms with Crippen LogP contribution in [0.25, 0.3) is 22.2 Å². The van der Waals surface area contributed by atoms with E-state index in [0.717, 1.165) is 15.8 Å². The maximum absolute atomic E-state index is 13.7. The number of thiophene rings is 1. The first-order valence-electron chi connectivity index (χ1n) is 7.91. The van der Waals surface area contributed by atoms with Gasteiger partial charge in [0.1, 0.15) is 16.1 Å². The smallest absolute Gasteiger partial charge is 0.339 e. The van der Waals surface area contributed by atoms with E-state index in [1.165, 1.54) is 18.2 Å². The second-order valence-corrected chi connectivity index (χ2v) is 7.52. The molecule has 0 fully saturated rings. The Labute approximate surface area is 169 Å². The molecule has 2 N–H and O–H groups in total. The fourth-order valence-corrected chi connectivity index (χ4v) is 3.89. The molecule has 2 aromatic carbocycles.